The summed E-state index contributed by atoms with van der Waals surface area (Å²) >= 11 is 0. The fourth-order valence-corrected chi connectivity index (χ4v) is 3.12. The summed E-state index contributed by atoms with van der Waals surface area (Å²) in [5.41, 5.74) is 5.95. The quantitative estimate of drug-likeness (QED) is 0.784. The molecule has 3 heteroatoms. The first-order valence-electron chi connectivity index (χ1n) is 6.80. The molecule has 3 aliphatic rings. The summed E-state index contributed by atoms with van der Waals surface area (Å²) in [6.45, 7) is 1.75. The molecule has 2 aliphatic carbocycles. The van der Waals surface area contributed by atoms with Gasteiger partial charge in [0.2, 0.25) is 5.91 Å². The summed E-state index contributed by atoms with van der Waals surface area (Å²) in [4.78, 5) is 14.5. The monoisotopic (exact) mass is 222 g/mol. The van der Waals surface area contributed by atoms with Crippen molar-refractivity contribution >= 4 is 5.91 Å². The molecule has 3 rings (SSSR count). The van der Waals surface area contributed by atoms with Gasteiger partial charge in [-0.15, -0.1) is 0 Å². The van der Waals surface area contributed by atoms with E-state index in [4.69, 9.17) is 5.73 Å². The molecule has 0 radical (unpaired) electrons. The molecule has 1 aliphatic heterocycles. The van der Waals surface area contributed by atoms with Crippen molar-refractivity contribution < 1.29 is 4.79 Å². The van der Waals surface area contributed by atoms with Crippen LogP contribution in [0.2, 0.25) is 0 Å². The van der Waals surface area contributed by atoms with E-state index < -0.39 is 0 Å². The zero-order valence-electron chi connectivity index (χ0n) is 9.90. The molecule has 3 fully saturated rings. The molecule has 1 heterocycles. The Bertz CT molecular complexity index is 272. The zero-order valence-corrected chi connectivity index (χ0v) is 9.90. The molecule has 0 aromatic carbocycles. The van der Waals surface area contributed by atoms with Gasteiger partial charge in [0.25, 0.3) is 0 Å². The summed E-state index contributed by atoms with van der Waals surface area (Å²) < 4.78 is 0. The smallest absolute Gasteiger partial charge is 0.226 e. The van der Waals surface area contributed by atoms with Gasteiger partial charge in [-0.05, 0) is 50.4 Å². The van der Waals surface area contributed by atoms with Gasteiger partial charge in [0.15, 0.2) is 0 Å². The van der Waals surface area contributed by atoms with Crippen molar-refractivity contribution in [3.05, 3.63) is 0 Å². The molecular weight excluding hydrogens is 200 g/mol. The number of hydrogen-bond acceptors (Lipinski definition) is 2. The lowest BCUT2D eigenvalue weighted by molar-refractivity contribution is -0.138. The Morgan fingerprint density at radius 2 is 1.75 bits per heavy atom. The van der Waals surface area contributed by atoms with Crippen LogP contribution in [0.1, 0.15) is 38.5 Å². The second kappa shape index (κ2) is 4.02. The number of carbonyl (C=O) groups is 1. The molecule has 1 atom stereocenters. The Balaban J connectivity index is 1.65. The summed E-state index contributed by atoms with van der Waals surface area (Å²) in [7, 11) is 0. The third-order valence-electron chi connectivity index (χ3n) is 4.31. The van der Waals surface area contributed by atoms with E-state index in [0.717, 1.165) is 37.8 Å². The van der Waals surface area contributed by atoms with Gasteiger partial charge in [0.1, 0.15) is 0 Å². The molecular formula is C13H22N2O. The molecule has 90 valence electrons. The third kappa shape index (κ3) is 2.10. The van der Waals surface area contributed by atoms with Crippen molar-refractivity contribution in [3.63, 3.8) is 0 Å². The van der Waals surface area contributed by atoms with E-state index in [-0.39, 0.29) is 6.04 Å². The number of rotatable bonds is 3. The fourth-order valence-electron chi connectivity index (χ4n) is 3.12. The van der Waals surface area contributed by atoms with Gasteiger partial charge in [-0.3, -0.25) is 4.79 Å². The van der Waals surface area contributed by atoms with Gasteiger partial charge in [-0.2, -0.15) is 0 Å². The molecule has 0 bridgehead atoms. The predicted molar refractivity (Wildman–Crippen MR) is 62.7 cm³/mol. The summed E-state index contributed by atoms with van der Waals surface area (Å²) in [5, 5.41) is 0. The highest BCUT2D eigenvalue weighted by molar-refractivity contribution is 5.80. The van der Waals surface area contributed by atoms with Crippen molar-refractivity contribution in [1.82, 2.24) is 4.90 Å². The van der Waals surface area contributed by atoms with E-state index in [1.165, 1.54) is 25.7 Å². The fraction of sp³-hybridized carbons (Fsp3) is 0.923. The van der Waals surface area contributed by atoms with Crippen LogP contribution in [-0.4, -0.2) is 29.9 Å². The first-order chi connectivity index (χ1) is 7.75. The van der Waals surface area contributed by atoms with Crippen molar-refractivity contribution in [3.8, 4) is 0 Å². The van der Waals surface area contributed by atoms with Crippen LogP contribution in [0.5, 0.6) is 0 Å². The second-order valence-electron chi connectivity index (χ2n) is 5.89. The maximum absolute atomic E-state index is 12.5. The standard InChI is InChI=1S/C13H22N2O/c14-11-2-1-7-15(8-11)13(16)12(9-3-4-9)10-5-6-10/h9-12H,1-8,14H2/t11-/m1/s1. The Morgan fingerprint density at radius 1 is 1.12 bits per heavy atom. The van der Waals surface area contributed by atoms with E-state index in [1.807, 2.05) is 0 Å². The Kier molecular flexibility index (Phi) is 2.66. The van der Waals surface area contributed by atoms with E-state index >= 15 is 0 Å². The topological polar surface area (TPSA) is 46.3 Å². The highest BCUT2D eigenvalue weighted by Crippen LogP contribution is 2.50. The molecule has 0 aromatic heterocycles. The largest absolute Gasteiger partial charge is 0.341 e. The molecule has 0 spiro atoms. The van der Waals surface area contributed by atoms with Crippen molar-refractivity contribution in [2.75, 3.05) is 13.1 Å². The molecule has 16 heavy (non-hydrogen) atoms. The van der Waals surface area contributed by atoms with Crippen LogP contribution in [-0.2, 0) is 4.79 Å². The van der Waals surface area contributed by atoms with Crippen molar-refractivity contribution in [1.29, 1.82) is 0 Å². The zero-order chi connectivity index (χ0) is 11.1. The van der Waals surface area contributed by atoms with Gasteiger partial charge >= 0.3 is 0 Å². The van der Waals surface area contributed by atoms with Gasteiger partial charge in [0, 0.05) is 25.0 Å². The lowest BCUT2D eigenvalue weighted by Gasteiger charge is -2.33. The summed E-state index contributed by atoms with van der Waals surface area (Å²) in [5.74, 6) is 2.24. The second-order valence-corrected chi connectivity index (χ2v) is 5.89. The maximum atomic E-state index is 12.5. The SMILES string of the molecule is N[C@@H]1CCCN(C(=O)C(C2CC2)C2CC2)C1. The summed E-state index contributed by atoms with van der Waals surface area (Å²) in [6, 6.07) is 0.219. The van der Waals surface area contributed by atoms with Crippen LogP contribution in [0.15, 0.2) is 0 Å². The molecule has 1 amide bonds. The molecule has 3 nitrogen and oxygen atoms in total. The lowest BCUT2D eigenvalue weighted by atomic mass is 9.94. The normalized spacial score (nSPS) is 30.9. The van der Waals surface area contributed by atoms with Gasteiger partial charge in [-0.25, -0.2) is 0 Å². The van der Waals surface area contributed by atoms with Crippen molar-refractivity contribution in [2.24, 2.45) is 23.5 Å². The molecule has 1 saturated heterocycles. The molecule has 2 N–H and O–H groups in total. The van der Waals surface area contributed by atoms with Crippen molar-refractivity contribution in [2.45, 2.75) is 44.6 Å². The minimum atomic E-state index is 0.219. The number of nitrogens with zero attached hydrogens (tertiary/aromatic N) is 1. The molecule has 0 unspecified atom stereocenters. The van der Waals surface area contributed by atoms with E-state index in [0.29, 0.717) is 11.8 Å². The van der Waals surface area contributed by atoms with E-state index in [1.54, 1.807) is 0 Å². The third-order valence-corrected chi connectivity index (χ3v) is 4.31. The number of nitrogens with two attached hydrogens (primary N) is 1. The van der Waals surface area contributed by atoms with Crippen LogP contribution in [0.4, 0.5) is 0 Å². The van der Waals surface area contributed by atoms with E-state index in [2.05, 4.69) is 4.90 Å². The first-order valence-corrected chi connectivity index (χ1v) is 6.80. The molecule has 2 saturated carbocycles. The van der Waals surface area contributed by atoms with Crippen LogP contribution >= 0.6 is 0 Å². The first kappa shape index (κ1) is 10.6. The van der Waals surface area contributed by atoms with Gasteiger partial charge in [-0.1, -0.05) is 0 Å². The lowest BCUT2D eigenvalue weighted by Crippen LogP contribution is -2.48. The number of likely N-dealkylation sites (tertiary alicyclic amines) is 1. The number of hydrogen-bond donors (Lipinski definition) is 1. The number of amides is 1. The Morgan fingerprint density at radius 3 is 2.25 bits per heavy atom. The predicted octanol–water partition coefficient (Wildman–Crippen LogP) is 1.37. The van der Waals surface area contributed by atoms with Crippen LogP contribution < -0.4 is 5.73 Å². The minimum absolute atomic E-state index is 0.219. The molecule has 0 aromatic rings. The number of piperidine rings is 1. The Hall–Kier alpha value is -0.570. The van der Waals surface area contributed by atoms with Crippen LogP contribution in [0.3, 0.4) is 0 Å². The minimum Gasteiger partial charge on any atom is -0.341 e. The average molecular weight is 222 g/mol. The number of carbonyl (C=O) groups excluding carboxylic acids is 1. The summed E-state index contributed by atoms with van der Waals surface area (Å²) in [6.07, 6.45) is 7.31. The van der Waals surface area contributed by atoms with E-state index in [9.17, 15) is 4.79 Å². The highest BCUT2D eigenvalue weighted by atomic mass is 16.2. The highest BCUT2D eigenvalue weighted by Gasteiger charge is 2.47. The van der Waals surface area contributed by atoms with Gasteiger partial charge in [0.05, 0.1) is 0 Å². The maximum Gasteiger partial charge on any atom is 0.226 e. The van der Waals surface area contributed by atoms with Crippen LogP contribution in [0.25, 0.3) is 0 Å². The van der Waals surface area contributed by atoms with Gasteiger partial charge < -0.3 is 10.6 Å². The average Bonchev–Trinajstić information content (AvgIpc) is 3.12. The van der Waals surface area contributed by atoms with Crippen LogP contribution in [0, 0.1) is 17.8 Å². The Labute approximate surface area is 97.4 Å².